The average Bonchev–Trinajstić information content (AvgIpc) is 3.29. The first-order valence-electron chi connectivity index (χ1n) is 14.0. The Balaban J connectivity index is 1.48. The third kappa shape index (κ3) is 6.96. The van der Waals surface area contributed by atoms with E-state index >= 15 is 0 Å². The minimum Gasteiger partial charge on any atom is -0.377 e. The number of imidazole rings is 1. The zero-order valence-electron chi connectivity index (χ0n) is 23.6. The number of carbonyl (C=O) groups excluding carboxylic acids is 2. The highest BCUT2D eigenvalue weighted by Crippen LogP contribution is 2.28. The Kier molecular flexibility index (Phi) is 9.34. The highest BCUT2D eigenvalue weighted by molar-refractivity contribution is 6.31. The summed E-state index contributed by atoms with van der Waals surface area (Å²) in [5.74, 6) is 0.634. The smallest absolute Gasteiger partial charge is 0.242 e. The maximum atomic E-state index is 14.1. The van der Waals surface area contributed by atoms with E-state index in [0.717, 1.165) is 41.8 Å². The van der Waals surface area contributed by atoms with Crippen LogP contribution in [0.3, 0.4) is 0 Å². The molecule has 5 rings (SSSR count). The zero-order valence-corrected chi connectivity index (χ0v) is 24.4. The van der Waals surface area contributed by atoms with Gasteiger partial charge in [-0.3, -0.25) is 14.5 Å². The maximum Gasteiger partial charge on any atom is 0.242 e. The van der Waals surface area contributed by atoms with Crippen molar-refractivity contribution in [3.05, 3.63) is 94.8 Å². The first-order valence-corrected chi connectivity index (χ1v) is 14.3. The molecule has 0 bridgehead atoms. The Bertz CT molecular complexity index is 1510. The van der Waals surface area contributed by atoms with Gasteiger partial charge < -0.3 is 19.1 Å². The van der Waals surface area contributed by atoms with Gasteiger partial charge in [-0.25, -0.2) is 4.98 Å². The molecule has 8 nitrogen and oxygen atoms in total. The van der Waals surface area contributed by atoms with Crippen LogP contribution in [-0.2, 0) is 40.6 Å². The molecule has 0 N–H and O–H groups in total. The van der Waals surface area contributed by atoms with Crippen LogP contribution in [0, 0.1) is 0 Å². The first-order chi connectivity index (χ1) is 19.9. The molecule has 0 saturated heterocycles. The standard InChI is InChI=1S/C32H36ClN5O3/c1-24(39)37-16-8-15-35(20-25-9-4-3-5-10-25)17-18-36(21-26-13-14-27(33)19-30(26)37)32(40)22-38-29-12-7-6-11-28(29)34-31(38)23-41-2/h3-7,9-14,19H,8,15-18,20-23H2,1-2H3. The number of benzene rings is 3. The molecule has 3 aromatic carbocycles. The number of anilines is 1. The molecule has 0 unspecified atom stereocenters. The average molecular weight is 574 g/mol. The Morgan fingerprint density at radius 1 is 0.951 bits per heavy atom. The second-order valence-corrected chi connectivity index (χ2v) is 10.8. The van der Waals surface area contributed by atoms with E-state index in [1.165, 1.54) is 5.56 Å². The molecular formula is C32H36ClN5O3. The van der Waals surface area contributed by atoms with Gasteiger partial charge in [-0.2, -0.15) is 0 Å². The van der Waals surface area contributed by atoms with Gasteiger partial charge in [-0.1, -0.05) is 60.1 Å². The van der Waals surface area contributed by atoms with Gasteiger partial charge in [0.05, 0.1) is 16.7 Å². The summed E-state index contributed by atoms with van der Waals surface area (Å²) >= 11 is 6.41. The summed E-state index contributed by atoms with van der Waals surface area (Å²) in [6, 6.07) is 23.7. The van der Waals surface area contributed by atoms with E-state index in [0.29, 0.717) is 43.6 Å². The molecule has 0 atom stereocenters. The van der Waals surface area contributed by atoms with E-state index in [2.05, 4.69) is 17.0 Å². The van der Waals surface area contributed by atoms with Crippen LogP contribution in [0.1, 0.15) is 30.3 Å². The number of ether oxygens (including phenoxy) is 1. The van der Waals surface area contributed by atoms with Crippen molar-refractivity contribution in [3.63, 3.8) is 0 Å². The van der Waals surface area contributed by atoms with Gasteiger partial charge in [0.25, 0.3) is 0 Å². The minimum absolute atomic E-state index is 0.0281. The van der Waals surface area contributed by atoms with E-state index in [4.69, 9.17) is 21.3 Å². The summed E-state index contributed by atoms with van der Waals surface area (Å²) < 4.78 is 7.35. The summed E-state index contributed by atoms with van der Waals surface area (Å²) in [7, 11) is 1.63. The van der Waals surface area contributed by atoms with Crippen molar-refractivity contribution >= 4 is 40.1 Å². The van der Waals surface area contributed by atoms with Crippen LogP contribution < -0.4 is 4.90 Å². The lowest BCUT2D eigenvalue weighted by molar-refractivity contribution is -0.132. The van der Waals surface area contributed by atoms with E-state index < -0.39 is 0 Å². The maximum absolute atomic E-state index is 14.1. The largest absolute Gasteiger partial charge is 0.377 e. The molecule has 41 heavy (non-hydrogen) atoms. The monoisotopic (exact) mass is 573 g/mol. The summed E-state index contributed by atoms with van der Waals surface area (Å²) in [5, 5.41) is 0.558. The minimum atomic E-state index is -0.0469. The van der Waals surface area contributed by atoms with Crippen molar-refractivity contribution in [2.45, 2.75) is 39.6 Å². The number of hydrogen-bond acceptors (Lipinski definition) is 5. The number of para-hydroxylation sites is 2. The van der Waals surface area contributed by atoms with Crippen LogP contribution >= 0.6 is 11.6 Å². The number of nitrogens with zero attached hydrogens (tertiary/aromatic N) is 5. The van der Waals surface area contributed by atoms with Crippen LogP contribution in [0.5, 0.6) is 0 Å². The van der Waals surface area contributed by atoms with Crippen molar-refractivity contribution in [1.82, 2.24) is 19.4 Å². The number of methoxy groups -OCH3 is 1. The summed E-state index contributed by atoms with van der Waals surface area (Å²) in [6.07, 6.45) is 0.799. The van der Waals surface area contributed by atoms with Crippen LogP contribution in [0.15, 0.2) is 72.8 Å². The van der Waals surface area contributed by atoms with Crippen LogP contribution in [0.2, 0.25) is 5.02 Å². The third-order valence-electron chi connectivity index (χ3n) is 7.52. The molecule has 1 aliphatic heterocycles. The Hall–Kier alpha value is -3.72. The van der Waals surface area contributed by atoms with Gasteiger partial charge >= 0.3 is 0 Å². The second-order valence-electron chi connectivity index (χ2n) is 10.4. The number of amides is 2. The van der Waals surface area contributed by atoms with Crippen molar-refractivity contribution in [2.75, 3.05) is 38.2 Å². The van der Waals surface area contributed by atoms with Gasteiger partial charge in [0.1, 0.15) is 19.0 Å². The van der Waals surface area contributed by atoms with Crippen LogP contribution in [-0.4, -0.2) is 64.5 Å². The fourth-order valence-electron chi connectivity index (χ4n) is 5.47. The first kappa shape index (κ1) is 28.8. The molecule has 0 fully saturated rings. The molecule has 2 heterocycles. The number of fused-ring (bicyclic) bond motifs is 2. The van der Waals surface area contributed by atoms with Crippen molar-refractivity contribution in [3.8, 4) is 0 Å². The molecular weight excluding hydrogens is 538 g/mol. The van der Waals surface area contributed by atoms with Crippen molar-refractivity contribution in [2.24, 2.45) is 0 Å². The van der Waals surface area contributed by atoms with Gasteiger partial charge in [-0.15, -0.1) is 0 Å². The Labute approximate surface area is 246 Å². The molecule has 4 aromatic rings. The number of rotatable bonds is 6. The number of hydrogen-bond donors (Lipinski definition) is 0. The summed E-state index contributed by atoms with van der Waals surface area (Å²) in [4.78, 5) is 37.6. The lowest BCUT2D eigenvalue weighted by Crippen LogP contribution is -2.40. The highest BCUT2D eigenvalue weighted by Gasteiger charge is 2.24. The Morgan fingerprint density at radius 3 is 2.51 bits per heavy atom. The summed E-state index contributed by atoms with van der Waals surface area (Å²) in [6.45, 7) is 5.77. The second kappa shape index (κ2) is 13.3. The number of aromatic nitrogens is 2. The molecule has 0 saturated carbocycles. The third-order valence-corrected chi connectivity index (χ3v) is 7.76. The van der Waals surface area contributed by atoms with Gasteiger partial charge in [0, 0.05) is 58.3 Å². The molecule has 214 valence electrons. The topological polar surface area (TPSA) is 70.9 Å². The lowest BCUT2D eigenvalue weighted by atomic mass is 10.1. The molecule has 1 aliphatic rings. The van der Waals surface area contributed by atoms with E-state index in [9.17, 15) is 9.59 Å². The van der Waals surface area contributed by atoms with Crippen LogP contribution in [0.25, 0.3) is 11.0 Å². The molecule has 2 amide bonds. The van der Waals surface area contributed by atoms with Crippen molar-refractivity contribution < 1.29 is 14.3 Å². The fraction of sp³-hybridized carbons (Fsp3) is 0.344. The molecule has 1 aromatic heterocycles. The number of halogens is 1. The molecule has 0 aliphatic carbocycles. The zero-order chi connectivity index (χ0) is 28.8. The quantitative estimate of drug-likeness (QED) is 0.320. The molecule has 9 heteroatoms. The van der Waals surface area contributed by atoms with Gasteiger partial charge in [0.2, 0.25) is 11.8 Å². The summed E-state index contributed by atoms with van der Waals surface area (Å²) in [5.41, 5.74) is 4.59. The highest BCUT2D eigenvalue weighted by atomic mass is 35.5. The van der Waals surface area contributed by atoms with E-state index in [-0.39, 0.29) is 18.4 Å². The lowest BCUT2D eigenvalue weighted by Gasteiger charge is -2.28. The predicted octanol–water partition coefficient (Wildman–Crippen LogP) is 5.12. The van der Waals surface area contributed by atoms with Crippen molar-refractivity contribution in [1.29, 1.82) is 0 Å². The van der Waals surface area contributed by atoms with Gasteiger partial charge in [0.15, 0.2) is 0 Å². The molecule has 0 radical (unpaired) electrons. The molecule has 0 spiro atoms. The SMILES string of the molecule is COCc1nc2ccccc2n1CC(=O)N1CCN(Cc2ccccc2)CCCN(C(C)=O)c2cc(Cl)ccc2C1. The van der Waals surface area contributed by atoms with E-state index in [1.54, 1.807) is 18.9 Å². The predicted molar refractivity (Wildman–Crippen MR) is 162 cm³/mol. The Morgan fingerprint density at radius 2 is 1.73 bits per heavy atom. The van der Waals surface area contributed by atoms with Gasteiger partial charge in [-0.05, 0) is 41.8 Å². The fourth-order valence-corrected chi connectivity index (χ4v) is 5.64. The van der Waals surface area contributed by atoms with Crippen LogP contribution in [0.4, 0.5) is 5.69 Å². The number of carbonyl (C=O) groups is 2. The normalized spacial score (nSPS) is 15.0. The van der Waals surface area contributed by atoms with E-state index in [1.807, 2.05) is 70.1 Å².